The topological polar surface area (TPSA) is 69.6 Å². The number of hydrogen-bond donors (Lipinski definition) is 2. The van der Waals surface area contributed by atoms with E-state index in [1.807, 2.05) is 11.8 Å². The number of thioether (sulfide) groups is 1. The molecule has 0 spiro atoms. The maximum Gasteiger partial charge on any atom is 0.329 e. The first-order chi connectivity index (χ1) is 8.04. The van der Waals surface area contributed by atoms with Gasteiger partial charge in [0.15, 0.2) is 0 Å². The molecule has 2 heterocycles. The van der Waals surface area contributed by atoms with Gasteiger partial charge in [0.1, 0.15) is 5.54 Å². The maximum atomic E-state index is 12.1. The minimum Gasteiger partial charge on any atom is -0.480 e. The second kappa shape index (κ2) is 4.76. The molecule has 96 valence electrons. The summed E-state index contributed by atoms with van der Waals surface area (Å²) in [6, 6.07) is -0.0222. The lowest BCUT2D eigenvalue weighted by molar-refractivity contribution is -0.147. The highest BCUT2D eigenvalue weighted by atomic mass is 32.2. The smallest absolute Gasteiger partial charge is 0.329 e. The third-order valence-corrected chi connectivity index (χ3v) is 4.77. The van der Waals surface area contributed by atoms with Gasteiger partial charge in [-0.25, -0.2) is 9.59 Å². The van der Waals surface area contributed by atoms with Gasteiger partial charge < -0.3 is 15.3 Å². The van der Waals surface area contributed by atoms with Crippen molar-refractivity contribution in [3.05, 3.63) is 0 Å². The quantitative estimate of drug-likeness (QED) is 0.779. The fourth-order valence-corrected chi connectivity index (χ4v) is 3.56. The average molecular weight is 258 g/mol. The molecule has 2 unspecified atom stereocenters. The van der Waals surface area contributed by atoms with Crippen molar-refractivity contribution in [2.24, 2.45) is 0 Å². The first-order valence-corrected chi connectivity index (χ1v) is 7.09. The number of urea groups is 1. The van der Waals surface area contributed by atoms with Crippen LogP contribution in [-0.4, -0.2) is 51.6 Å². The summed E-state index contributed by atoms with van der Waals surface area (Å²) in [5.41, 5.74) is -1.03. The number of amides is 2. The van der Waals surface area contributed by atoms with Gasteiger partial charge >= 0.3 is 12.0 Å². The van der Waals surface area contributed by atoms with Gasteiger partial charge in [-0.2, -0.15) is 11.8 Å². The highest BCUT2D eigenvalue weighted by molar-refractivity contribution is 7.99. The van der Waals surface area contributed by atoms with E-state index in [2.05, 4.69) is 5.32 Å². The number of hydrogen-bond acceptors (Lipinski definition) is 3. The second-order valence-corrected chi connectivity index (χ2v) is 5.99. The van der Waals surface area contributed by atoms with Crippen LogP contribution in [0.4, 0.5) is 4.79 Å². The Balaban J connectivity index is 2.00. The zero-order chi connectivity index (χ0) is 12.5. The molecule has 2 saturated heterocycles. The molecular formula is C11H18N2O3S. The largest absolute Gasteiger partial charge is 0.480 e. The molecular weight excluding hydrogens is 240 g/mol. The SMILES string of the molecule is CC1(C(=O)O)CCCN1C(=O)NC1CCSC1. The molecule has 5 nitrogen and oxygen atoms in total. The third kappa shape index (κ3) is 2.36. The van der Waals surface area contributed by atoms with E-state index in [1.165, 1.54) is 4.90 Å². The van der Waals surface area contributed by atoms with E-state index in [0.29, 0.717) is 13.0 Å². The number of nitrogens with one attached hydrogen (secondary N) is 1. The van der Waals surface area contributed by atoms with Crippen LogP contribution >= 0.6 is 11.8 Å². The predicted molar refractivity (Wildman–Crippen MR) is 66.2 cm³/mol. The standard InChI is InChI=1S/C11H18N2O3S/c1-11(9(14)15)4-2-5-13(11)10(16)12-8-3-6-17-7-8/h8H,2-7H2,1H3,(H,12,16)(H,14,15). The van der Waals surface area contributed by atoms with E-state index in [9.17, 15) is 14.7 Å². The number of aliphatic carboxylic acids is 1. The Morgan fingerprint density at radius 1 is 1.53 bits per heavy atom. The van der Waals surface area contributed by atoms with Gasteiger partial charge in [-0.05, 0) is 31.9 Å². The predicted octanol–water partition coefficient (Wildman–Crippen LogP) is 1.14. The summed E-state index contributed by atoms with van der Waals surface area (Å²) in [7, 11) is 0. The summed E-state index contributed by atoms with van der Waals surface area (Å²) >= 11 is 1.82. The van der Waals surface area contributed by atoms with Gasteiger partial charge in [-0.15, -0.1) is 0 Å². The average Bonchev–Trinajstić information content (AvgIpc) is 2.87. The Hall–Kier alpha value is -0.910. The molecule has 0 aromatic carbocycles. The third-order valence-electron chi connectivity index (χ3n) is 3.60. The van der Waals surface area contributed by atoms with E-state index < -0.39 is 11.5 Å². The summed E-state index contributed by atoms with van der Waals surface area (Å²) in [4.78, 5) is 24.8. The van der Waals surface area contributed by atoms with Crippen molar-refractivity contribution in [3.63, 3.8) is 0 Å². The molecule has 0 aromatic rings. The lowest BCUT2D eigenvalue weighted by Crippen LogP contribution is -2.55. The van der Waals surface area contributed by atoms with Crippen molar-refractivity contribution in [2.75, 3.05) is 18.1 Å². The molecule has 0 radical (unpaired) electrons. The molecule has 2 N–H and O–H groups in total. The van der Waals surface area contributed by atoms with Crippen molar-refractivity contribution < 1.29 is 14.7 Å². The Bertz CT molecular complexity index is 331. The highest BCUT2D eigenvalue weighted by Crippen LogP contribution is 2.29. The van der Waals surface area contributed by atoms with Gasteiger partial charge in [-0.3, -0.25) is 0 Å². The lowest BCUT2D eigenvalue weighted by atomic mass is 10.00. The van der Waals surface area contributed by atoms with Crippen molar-refractivity contribution >= 4 is 23.8 Å². The number of rotatable bonds is 2. The van der Waals surface area contributed by atoms with Crippen molar-refractivity contribution in [1.29, 1.82) is 0 Å². The van der Waals surface area contributed by atoms with Gasteiger partial charge in [0.2, 0.25) is 0 Å². The van der Waals surface area contributed by atoms with Crippen LogP contribution in [0.15, 0.2) is 0 Å². The fourth-order valence-electron chi connectivity index (χ4n) is 2.41. The zero-order valence-electron chi connectivity index (χ0n) is 9.94. The van der Waals surface area contributed by atoms with Crippen LogP contribution in [0.5, 0.6) is 0 Å². The van der Waals surface area contributed by atoms with Crippen LogP contribution in [0.3, 0.4) is 0 Å². The van der Waals surface area contributed by atoms with Gasteiger partial charge in [-0.1, -0.05) is 0 Å². The molecule has 2 rings (SSSR count). The minimum absolute atomic E-state index is 0.200. The van der Waals surface area contributed by atoms with Gasteiger partial charge in [0, 0.05) is 18.3 Å². The van der Waals surface area contributed by atoms with Crippen LogP contribution in [0, 0.1) is 0 Å². The maximum absolute atomic E-state index is 12.1. The van der Waals surface area contributed by atoms with Crippen LogP contribution in [0.25, 0.3) is 0 Å². The van der Waals surface area contributed by atoms with E-state index in [1.54, 1.807) is 6.92 Å². The van der Waals surface area contributed by atoms with E-state index in [-0.39, 0.29) is 12.1 Å². The van der Waals surface area contributed by atoms with E-state index in [0.717, 1.165) is 24.3 Å². The summed E-state index contributed by atoms with van der Waals surface area (Å²) in [6.07, 6.45) is 2.28. The first kappa shape index (κ1) is 12.5. The molecule has 0 aliphatic carbocycles. The molecule has 0 bridgehead atoms. The molecule has 2 fully saturated rings. The summed E-state index contributed by atoms with van der Waals surface area (Å²) in [5.74, 6) is 1.09. The number of carboxylic acids is 1. The second-order valence-electron chi connectivity index (χ2n) is 4.84. The van der Waals surface area contributed by atoms with Crippen LogP contribution in [0.1, 0.15) is 26.2 Å². The Labute approximate surface area is 105 Å². The van der Waals surface area contributed by atoms with E-state index >= 15 is 0 Å². The Kier molecular flexibility index (Phi) is 3.51. The number of carbonyl (C=O) groups is 2. The molecule has 6 heteroatoms. The number of carboxylic acid groups (broad SMARTS) is 1. The Morgan fingerprint density at radius 2 is 2.29 bits per heavy atom. The van der Waals surface area contributed by atoms with Crippen LogP contribution in [0.2, 0.25) is 0 Å². The van der Waals surface area contributed by atoms with E-state index in [4.69, 9.17) is 0 Å². The van der Waals surface area contributed by atoms with Crippen LogP contribution in [-0.2, 0) is 4.79 Å². The monoisotopic (exact) mass is 258 g/mol. The van der Waals surface area contributed by atoms with Crippen molar-refractivity contribution in [1.82, 2.24) is 10.2 Å². The zero-order valence-corrected chi connectivity index (χ0v) is 10.8. The summed E-state index contributed by atoms with van der Waals surface area (Å²) in [5, 5.41) is 12.2. The Morgan fingerprint density at radius 3 is 2.88 bits per heavy atom. The van der Waals surface area contributed by atoms with Crippen molar-refractivity contribution in [3.8, 4) is 0 Å². The molecule has 2 atom stereocenters. The summed E-state index contributed by atoms with van der Waals surface area (Å²) in [6.45, 7) is 2.17. The molecule has 0 aromatic heterocycles. The fraction of sp³-hybridized carbons (Fsp3) is 0.818. The molecule has 17 heavy (non-hydrogen) atoms. The highest BCUT2D eigenvalue weighted by Gasteiger charge is 2.46. The molecule has 2 aliphatic heterocycles. The summed E-state index contributed by atoms with van der Waals surface area (Å²) < 4.78 is 0. The van der Waals surface area contributed by atoms with Gasteiger partial charge in [0.25, 0.3) is 0 Å². The number of likely N-dealkylation sites (tertiary alicyclic amines) is 1. The van der Waals surface area contributed by atoms with Crippen molar-refractivity contribution in [2.45, 2.75) is 37.8 Å². The normalized spacial score (nSPS) is 32.8. The number of nitrogens with zero attached hydrogens (tertiary/aromatic N) is 1. The molecule has 2 aliphatic rings. The first-order valence-electron chi connectivity index (χ1n) is 5.93. The van der Waals surface area contributed by atoms with Gasteiger partial charge in [0.05, 0.1) is 0 Å². The molecule has 0 saturated carbocycles. The van der Waals surface area contributed by atoms with Crippen LogP contribution < -0.4 is 5.32 Å². The minimum atomic E-state index is -1.03. The lowest BCUT2D eigenvalue weighted by Gasteiger charge is -2.32. The number of carbonyl (C=O) groups excluding carboxylic acids is 1. The molecule has 2 amide bonds.